The molecular formula is C28H30O7S. The predicted octanol–water partition coefficient (Wildman–Crippen LogP) is 3.98. The van der Waals surface area contributed by atoms with Crippen LogP contribution in [0, 0.1) is 6.92 Å². The van der Waals surface area contributed by atoms with Crippen LogP contribution in [0.2, 0.25) is 0 Å². The first-order valence-corrected chi connectivity index (χ1v) is 12.5. The van der Waals surface area contributed by atoms with Crippen molar-refractivity contribution >= 4 is 17.7 Å². The largest absolute Gasteiger partial charge is 0.497 e. The lowest BCUT2D eigenvalue weighted by atomic mass is 9.99. The van der Waals surface area contributed by atoms with Crippen molar-refractivity contribution in [1.29, 1.82) is 0 Å². The molecule has 1 heterocycles. The molecule has 3 aromatic rings. The zero-order valence-corrected chi connectivity index (χ0v) is 21.0. The summed E-state index contributed by atoms with van der Waals surface area (Å²) in [5.41, 5.74) is 1.70. The molecule has 0 amide bonds. The van der Waals surface area contributed by atoms with E-state index >= 15 is 0 Å². The molecule has 7 nitrogen and oxygen atoms in total. The normalized spacial score (nSPS) is 23.7. The van der Waals surface area contributed by atoms with Gasteiger partial charge in [0, 0.05) is 4.90 Å². The molecule has 0 aliphatic carbocycles. The number of hydrogen-bond acceptors (Lipinski definition) is 8. The highest BCUT2D eigenvalue weighted by Gasteiger charge is 2.48. The Morgan fingerprint density at radius 2 is 1.67 bits per heavy atom. The molecule has 1 aliphatic rings. The van der Waals surface area contributed by atoms with Gasteiger partial charge in [0.15, 0.2) is 6.10 Å². The van der Waals surface area contributed by atoms with Crippen LogP contribution in [0.1, 0.15) is 21.5 Å². The molecule has 1 fully saturated rings. The van der Waals surface area contributed by atoms with Gasteiger partial charge in [0.25, 0.3) is 0 Å². The Bertz CT molecular complexity index is 1110. The summed E-state index contributed by atoms with van der Waals surface area (Å²) in [6.45, 7) is 1.76. The van der Waals surface area contributed by atoms with Crippen LogP contribution < -0.4 is 4.74 Å². The summed E-state index contributed by atoms with van der Waals surface area (Å²) in [7, 11) is 1.60. The molecule has 0 aromatic heterocycles. The van der Waals surface area contributed by atoms with E-state index in [4.69, 9.17) is 18.9 Å². The van der Waals surface area contributed by atoms with Gasteiger partial charge < -0.3 is 29.2 Å². The molecule has 36 heavy (non-hydrogen) atoms. The minimum Gasteiger partial charge on any atom is -0.497 e. The van der Waals surface area contributed by atoms with E-state index in [2.05, 4.69) is 0 Å². The second-order valence-corrected chi connectivity index (χ2v) is 9.68. The number of hydrogen-bond donors (Lipinski definition) is 2. The minimum absolute atomic E-state index is 0.193. The summed E-state index contributed by atoms with van der Waals surface area (Å²) in [6, 6.07) is 23.9. The van der Waals surface area contributed by atoms with E-state index in [1.807, 2.05) is 55.5 Å². The summed E-state index contributed by atoms with van der Waals surface area (Å²) in [5, 5.41) is 20.9. The lowest BCUT2D eigenvalue weighted by molar-refractivity contribution is -0.221. The number of methoxy groups -OCH3 is 1. The number of benzene rings is 3. The molecule has 0 spiro atoms. The first kappa shape index (κ1) is 26.2. The number of carbonyl (C=O) groups is 1. The van der Waals surface area contributed by atoms with Gasteiger partial charge in [0.2, 0.25) is 0 Å². The van der Waals surface area contributed by atoms with E-state index in [0.29, 0.717) is 5.56 Å². The third kappa shape index (κ3) is 6.46. The van der Waals surface area contributed by atoms with Gasteiger partial charge in [-0.15, -0.1) is 0 Å². The summed E-state index contributed by atoms with van der Waals surface area (Å²) < 4.78 is 23.3. The quantitative estimate of drug-likeness (QED) is 0.418. The SMILES string of the molecule is COc1ccc(CO[C@H]2[C@@H](OC(=O)c3ccccc3)[C@H](O)[C@@H](CO)O[C@@H]2Sc2ccc(C)cc2)cc1. The number of aliphatic hydroxyl groups is 2. The van der Waals surface area contributed by atoms with E-state index in [-0.39, 0.29) is 6.61 Å². The summed E-state index contributed by atoms with van der Waals surface area (Å²) in [4.78, 5) is 13.9. The first-order chi connectivity index (χ1) is 17.5. The Morgan fingerprint density at radius 3 is 2.31 bits per heavy atom. The van der Waals surface area contributed by atoms with Crippen LogP contribution in [0.25, 0.3) is 0 Å². The molecule has 5 atom stereocenters. The van der Waals surface area contributed by atoms with Gasteiger partial charge in [-0.1, -0.05) is 59.8 Å². The van der Waals surface area contributed by atoms with Crippen molar-refractivity contribution in [3.8, 4) is 5.75 Å². The van der Waals surface area contributed by atoms with E-state index in [0.717, 1.165) is 21.8 Å². The maximum atomic E-state index is 12.9. The van der Waals surface area contributed by atoms with Gasteiger partial charge in [-0.05, 0) is 48.9 Å². The monoisotopic (exact) mass is 510 g/mol. The molecule has 3 aromatic carbocycles. The second kappa shape index (κ2) is 12.4. The lowest BCUT2D eigenvalue weighted by Gasteiger charge is -2.43. The number of ether oxygens (including phenoxy) is 4. The van der Waals surface area contributed by atoms with E-state index < -0.39 is 42.4 Å². The number of carbonyl (C=O) groups excluding carboxylic acids is 1. The fourth-order valence-corrected chi connectivity index (χ4v) is 5.01. The van der Waals surface area contributed by atoms with Crippen LogP contribution in [0.4, 0.5) is 0 Å². The zero-order chi connectivity index (χ0) is 25.5. The Morgan fingerprint density at radius 1 is 0.972 bits per heavy atom. The smallest absolute Gasteiger partial charge is 0.338 e. The molecule has 0 radical (unpaired) electrons. The first-order valence-electron chi connectivity index (χ1n) is 11.7. The molecule has 0 bridgehead atoms. The highest BCUT2D eigenvalue weighted by atomic mass is 32.2. The Balaban J connectivity index is 1.60. The van der Waals surface area contributed by atoms with Gasteiger partial charge >= 0.3 is 5.97 Å². The number of esters is 1. The Labute approximate surface area is 215 Å². The van der Waals surface area contributed by atoms with Crippen molar-refractivity contribution < 1.29 is 34.0 Å². The maximum absolute atomic E-state index is 12.9. The lowest BCUT2D eigenvalue weighted by Crippen LogP contribution is -2.59. The molecule has 190 valence electrons. The summed E-state index contributed by atoms with van der Waals surface area (Å²) in [6.07, 6.45) is -4.10. The van der Waals surface area contributed by atoms with Gasteiger partial charge in [-0.25, -0.2) is 4.79 Å². The molecule has 2 N–H and O–H groups in total. The van der Waals surface area contributed by atoms with Crippen molar-refractivity contribution in [3.05, 3.63) is 95.6 Å². The molecular weight excluding hydrogens is 480 g/mol. The molecule has 8 heteroatoms. The number of aliphatic hydroxyl groups excluding tert-OH is 2. The van der Waals surface area contributed by atoms with Crippen molar-refractivity contribution in [2.24, 2.45) is 0 Å². The van der Waals surface area contributed by atoms with E-state index in [1.165, 1.54) is 11.8 Å². The van der Waals surface area contributed by atoms with E-state index in [1.54, 1.807) is 37.4 Å². The fraction of sp³-hybridized carbons (Fsp3) is 0.321. The van der Waals surface area contributed by atoms with Crippen LogP contribution >= 0.6 is 11.8 Å². The Kier molecular flexibility index (Phi) is 9.01. The van der Waals surface area contributed by atoms with Crippen molar-refractivity contribution in [1.82, 2.24) is 0 Å². The van der Waals surface area contributed by atoms with Gasteiger partial charge in [0.1, 0.15) is 29.5 Å². The van der Waals surface area contributed by atoms with Gasteiger partial charge in [-0.2, -0.15) is 0 Å². The molecule has 0 unspecified atom stereocenters. The molecule has 1 saturated heterocycles. The number of rotatable bonds is 9. The zero-order valence-electron chi connectivity index (χ0n) is 20.2. The highest BCUT2D eigenvalue weighted by Crippen LogP contribution is 2.37. The van der Waals surface area contributed by atoms with Crippen LogP contribution in [-0.4, -0.2) is 59.8 Å². The minimum atomic E-state index is -1.28. The van der Waals surface area contributed by atoms with Crippen molar-refractivity contribution in [2.75, 3.05) is 13.7 Å². The molecule has 4 rings (SSSR count). The topological polar surface area (TPSA) is 94.5 Å². The fourth-order valence-electron chi connectivity index (χ4n) is 3.88. The standard InChI is InChI=1S/C28H30O7S/c1-18-8-14-22(15-9-18)36-28-26(33-17-19-10-12-21(32-2)13-11-19)25(24(30)23(16-29)34-28)35-27(31)20-6-4-3-5-7-20/h3-15,23-26,28-30H,16-17H2,1-2H3/t23-,24-,25+,26+,28-/m1/s1. The number of thioether (sulfide) groups is 1. The highest BCUT2D eigenvalue weighted by molar-refractivity contribution is 7.99. The van der Waals surface area contributed by atoms with E-state index in [9.17, 15) is 15.0 Å². The number of aryl methyl sites for hydroxylation is 1. The molecule has 1 aliphatic heterocycles. The third-order valence-corrected chi connectivity index (χ3v) is 7.08. The van der Waals surface area contributed by atoms with Gasteiger partial charge in [-0.3, -0.25) is 0 Å². The third-order valence-electron chi connectivity index (χ3n) is 5.93. The second-order valence-electron chi connectivity index (χ2n) is 8.51. The molecule has 0 saturated carbocycles. The summed E-state index contributed by atoms with van der Waals surface area (Å²) in [5.74, 6) is 0.138. The maximum Gasteiger partial charge on any atom is 0.338 e. The average molecular weight is 511 g/mol. The van der Waals surface area contributed by atoms with Crippen molar-refractivity contribution in [3.63, 3.8) is 0 Å². The predicted molar refractivity (Wildman–Crippen MR) is 136 cm³/mol. The Hall–Kier alpha value is -2.88. The average Bonchev–Trinajstić information content (AvgIpc) is 2.91. The van der Waals surface area contributed by atoms with Crippen LogP contribution in [0.3, 0.4) is 0 Å². The van der Waals surface area contributed by atoms with Gasteiger partial charge in [0.05, 0.1) is 25.9 Å². The van der Waals surface area contributed by atoms with Crippen molar-refractivity contribution in [2.45, 2.75) is 48.3 Å². The summed E-state index contributed by atoms with van der Waals surface area (Å²) >= 11 is 1.39. The van der Waals surface area contributed by atoms with Crippen LogP contribution in [0.15, 0.2) is 83.8 Å². The van der Waals surface area contributed by atoms with Crippen LogP contribution in [0.5, 0.6) is 5.75 Å². The van der Waals surface area contributed by atoms with Crippen LogP contribution in [-0.2, 0) is 20.8 Å².